The summed E-state index contributed by atoms with van der Waals surface area (Å²) in [7, 11) is 0. The molecule has 2 heterocycles. The average Bonchev–Trinajstić information content (AvgIpc) is 4.03. The number of hydrogen-bond donors (Lipinski definition) is 0. The number of hydrogen-bond acceptors (Lipinski definition) is 5. The van der Waals surface area contributed by atoms with E-state index in [4.69, 9.17) is 4.74 Å². The number of thiophene rings is 2. The molecule has 0 saturated carbocycles. The van der Waals surface area contributed by atoms with Crippen molar-refractivity contribution in [3.63, 3.8) is 0 Å². The van der Waals surface area contributed by atoms with Gasteiger partial charge in [-0.1, -0.05) is 146 Å². The van der Waals surface area contributed by atoms with E-state index in [1.54, 1.807) is 0 Å². The third-order valence-electron chi connectivity index (χ3n) is 15.7. The first-order valence-corrected chi connectivity index (χ1v) is 27.3. The van der Waals surface area contributed by atoms with E-state index in [-0.39, 0.29) is 0 Å². The lowest BCUT2D eigenvalue weighted by Crippen LogP contribution is -2.11. The Balaban J connectivity index is 0.862. The standard InChI is InChI=1S/C70H44N2OS2/c1-41-11-7-13-47(39-41)71(59-19-9-17-51-49-15-3-5-21-63(49)74-69(51)59)57-35-27-43-25-33-55-61(37-29-45-23-31-53(57)65(43)67(45)55)73-62-38-30-46-24-32-54-58(36-28-44-26-34-56(62)68(46)66(44)54)72(48-14-8-12-42(2)40-48)60-20-10-18-52-50-16-4-6-22-64(50)75-70(52)60/h3-40H,1-2H3. The van der Waals surface area contributed by atoms with Crippen LogP contribution in [0.15, 0.2) is 231 Å². The molecule has 5 heteroatoms. The third kappa shape index (κ3) is 6.39. The first kappa shape index (κ1) is 42.5. The van der Waals surface area contributed by atoms with Crippen LogP contribution in [-0.2, 0) is 0 Å². The Hall–Kier alpha value is -9.00. The minimum Gasteiger partial charge on any atom is -0.456 e. The molecule has 0 aliphatic carbocycles. The smallest absolute Gasteiger partial charge is 0.135 e. The second-order valence-electron chi connectivity index (χ2n) is 20.1. The van der Waals surface area contributed by atoms with Crippen molar-refractivity contribution in [1.82, 2.24) is 0 Å². The molecule has 0 atom stereocenters. The molecule has 75 heavy (non-hydrogen) atoms. The van der Waals surface area contributed by atoms with E-state index in [0.717, 1.165) is 45.0 Å². The lowest BCUT2D eigenvalue weighted by molar-refractivity contribution is 0.494. The molecule has 0 amide bonds. The van der Waals surface area contributed by atoms with Crippen LogP contribution < -0.4 is 14.5 Å². The molecule has 0 radical (unpaired) electrons. The molecule has 16 aromatic rings. The normalized spacial score (nSPS) is 12.1. The quantitative estimate of drug-likeness (QED) is 0.141. The molecule has 2 aromatic heterocycles. The fourth-order valence-corrected chi connectivity index (χ4v) is 14.8. The molecule has 0 spiro atoms. The zero-order valence-corrected chi connectivity index (χ0v) is 42.7. The molecule has 352 valence electrons. The van der Waals surface area contributed by atoms with Crippen molar-refractivity contribution in [3.05, 3.63) is 242 Å². The predicted molar refractivity (Wildman–Crippen MR) is 325 cm³/mol. The highest BCUT2D eigenvalue weighted by atomic mass is 32.1. The van der Waals surface area contributed by atoms with Gasteiger partial charge in [0.25, 0.3) is 0 Å². The molecular weight excluding hydrogens is 949 g/mol. The molecule has 0 N–H and O–H groups in total. The topological polar surface area (TPSA) is 15.7 Å². The molecule has 3 nitrogen and oxygen atoms in total. The molecular formula is C70H44N2OS2. The Kier molecular flexibility index (Phi) is 9.21. The Labute approximate surface area is 440 Å². The maximum atomic E-state index is 7.29. The summed E-state index contributed by atoms with van der Waals surface area (Å²) in [5.41, 5.74) is 9.36. The average molecular weight is 993 g/mol. The van der Waals surface area contributed by atoms with E-state index in [9.17, 15) is 0 Å². The second-order valence-corrected chi connectivity index (χ2v) is 22.2. The Bertz CT molecular complexity index is 4670. The van der Waals surface area contributed by atoms with Crippen LogP contribution in [0.3, 0.4) is 0 Å². The van der Waals surface area contributed by atoms with Crippen molar-refractivity contribution >= 4 is 162 Å². The molecule has 16 rings (SSSR count). The SMILES string of the molecule is Cc1cccc(N(c2ccc3ccc4c(Oc5ccc6ccc7c(N(c8cccc(C)c8)c8cccc9c8sc8ccccc89)ccc8ccc5c6c87)ccc5ccc2c3c54)c2cccc3c2sc2ccccc23)c1. The van der Waals surface area contributed by atoms with Crippen LogP contribution >= 0.6 is 22.7 Å². The van der Waals surface area contributed by atoms with E-state index in [2.05, 4.69) is 254 Å². The maximum Gasteiger partial charge on any atom is 0.135 e. The Morgan fingerprint density at radius 1 is 0.293 bits per heavy atom. The largest absolute Gasteiger partial charge is 0.456 e. The summed E-state index contributed by atoms with van der Waals surface area (Å²) in [5, 5.41) is 19.4. The predicted octanol–water partition coefficient (Wildman–Crippen LogP) is 21.6. The summed E-state index contributed by atoms with van der Waals surface area (Å²) >= 11 is 3.74. The lowest BCUT2D eigenvalue weighted by Gasteiger charge is -2.28. The maximum absolute atomic E-state index is 7.29. The summed E-state index contributed by atoms with van der Waals surface area (Å²) in [6.07, 6.45) is 0. The van der Waals surface area contributed by atoms with Gasteiger partial charge in [0.05, 0.1) is 32.1 Å². The Morgan fingerprint density at radius 2 is 0.667 bits per heavy atom. The summed E-state index contributed by atoms with van der Waals surface area (Å²) in [6, 6.07) is 85.2. The van der Waals surface area contributed by atoms with Gasteiger partial charge in [-0.15, -0.1) is 22.7 Å². The van der Waals surface area contributed by atoms with Crippen LogP contribution in [0.25, 0.3) is 105 Å². The van der Waals surface area contributed by atoms with Crippen molar-refractivity contribution in [3.8, 4) is 11.5 Å². The Morgan fingerprint density at radius 3 is 1.12 bits per heavy atom. The van der Waals surface area contributed by atoms with E-state index >= 15 is 0 Å². The monoisotopic (exact) mass is 992 g/mol. The molecule has 0 unspecified atom stereocenters. The lowest BCUT2D eigenvalue weighted by atomic mass is 9.92. The first-order chi connectivity index (χ1) is 37.0. The minimum absolute atomic E-state index is 0.839. The van der Waals surface area contributed by atoms with Crippen LogP contribution in [0.1, 0.15) is 11.1 Å². The van der Waals surface area contributed by atoms with Crippen molar-refractivity contribution in [2.75, 3.05) is 9.80 Å². The molecule has 0 aliphatic heterocycles. The van der Waals surface area contributed by atoms with Gasteiger partial charge >= 0.3 is 0 Å². The van der Waals surface area contributed by atoms with Gasteiger partial charge in [-0.2, -0.15) is 0 Å². The number of anilines is 6. The number of ether oxygens (including phenoxy) is 1. The van der Waals surface area contributed by atoms with Crippen molar-refractivity contribution in [2.24, 2.45) is 0 Å². The zero-order chi connectivity index (χ0) is 49.5. The fourth-order valence-electron chi connectivity index (χ4n) is 12.4. The molecule has 0 aliphatic rings. The molecule has 0 saturated heterocycles. The highest BCUT2D eigenvalue weighted by Gasteiger charge is 2.25. The summed E-state index contributed by atoms with van der Waals surface area (Å²) in [4.78, 5) is 4.96. The van der Waals surface area contributed by atoms with Crippen LogP contribution in [0, 0.1) is 13.8 Å². The number of aryl methyl sites for hydroxylation is 2. The van der Waals surface area contributed by atoms with Gasteiger partial charge in [0.15, 0.2) is 0 Å². The van der Waals surface area contributed by atoms with Gasteiger partial charge in [0.1, 0.15) is 11.5 Å². The highest BCUT2D eigenvalue weighted by molar-refractivity contribution is 7.26. The fraction of sp³-hybridized carbons (Fsp3) is 0.0286. The van der Waals surface area contributed by atoms with Crippen LogP contribution in [0.5, 0.6) is 11.5 Å². The van der Waals surface area contributed by atoms with Gasteiger partial charge in [-0.25, -0.2) is 0 Å². The van der Waals surface area contributed by atoms with Gasteiger partial charge in [-0.05, 0) is 142 Å². The van der Waals surface area contributed by atoms with Gasteiger partial charge in [0.2, 0.25) is 0 Å². The number of fused-ring (bicyclic) bond motifs is 6. The van der Waals surface area contributed by atoms with Crippen molar-refractivity contribution < 1.29 is 4.74 Å². The highest BCUT2D eigenvalue weighted by Crippen LogP contribution is 2.52. The van der Waals surface area contributed by atoms with E-state index < -0.39 is 0 Å². The van der Waals surface area contributed by atoms with Crippen molar-refractivity contribution in [2.45, 2.75) is 13.8 Å². The van der Waals surface area contributed by atoms with Gasteiger partial charge in [0, 0.05) is 74.6 Å². The minimum atomic E-state index is 0.839. The molecule has 14 aromatic carbocycles. The van der Waals surface area contributed by atoms with Crippen LogP contribution in [0.2, 0.25) is 0 Å². The number of benzene rings is 14. The second kappa shape index (κ2) is 16.2. The zero-order valence-electron chi connectivity index (χ0n) is 41.1. The third-order valence-corrected chi connectivity index (χ3v) is 18.1. The van der Waals surface area contributed by atoms with E-state index in [0.29, 0.717) is 0 Å². The van der Waals surface area contributed by atoms with Crippen LogP contribution in [-0.4, -0.2) is 0 Å². The molecule has 0 bridgehead atoms. The first-order valence-electron chi connectivity index (χ1n) is 25.6. The van der Waals surface area contributed by atoms with Crippen LogP contribution in [0.4, 0.5) is 34.1 Å². The number of nitrogens with zero attached hydrogens (tertiary/aromatic N) is 2. The summed E-state index contributed by atoms with van der Waals surface area (Å²) in [5.74, 6) is 1.68. The number of rotatable bonds is 8. The molecule has 0 fully saturated rings. The van der Waals surface area contributed by atoms with Gasteiger partial charge < -0.3 is 14.5 Å². The van der Waals surface area contributed by atoms with E-state index in [1.165, 1.54) is 117 Å². The van der Waals surface area contributed by atoms with Crippen molar-refractivity contribution in [1.29, 1.82) is 0 Å². The summed E-state index contributed by atoms with van der Waals surface area (Å²) in [6.45, 7) is 4.36. The summed E-state index contributed by atoms with van der Waals surface area (Å²) < 4.78 is 12.4. The van der Waals surface area contributed by atoms with E-state index in [1.807, 2.05) is 22.7 Å². The van der Waals surface area contributed by atoms with Gasteiger partial charge in [-0.3, -0.25) is 0 Å².